The van der Waals surface area contributed by atoms with E-state index >= 15 is 0 Å². The Labute approximate surface area is 147 Å². The minimum absolute atomic E-state index is 0. The summed E-state index contributed by atoms with van der Waals surface area (Å²) in [7, 11) is 0. The Morgan fingerprint density at radius 3 is 0.667 bits per heavy atom. The topological polar surface area (TPSA) is 0 Å². The summed E-state index contributed by atoms with van der Waals surface area (Å²) in [5.41, 5.74) is 0. The molecule has 0 bridgehead atoms. The second-order valence-corrected chi connectivity index (χ2v) is 5.60. The summed E-state index contributed by atoms with van der Waals surface area (Å²) in [6.07, 6.45) is 21.9. The summed E-state index contributed by atoms with van der Waals surface area (Å²) in [4.78, 5) is 0. The minimum atomic E-state index is 0. The summed E-state index contributed by atoms with van der Waals surface area (Å²) in [5, 5.41) is 0. The Kier molecular flexibility index (Phi) is 24.6. The second-order valence-electron chi connectivity index (χ2n) is 5.60. The molecular formula is C17H38Ca. The van der Waals surface area contributed by atoms with E-state index in [1.54, 1.807) is 0 Å². The molecule has 0 radical (unpaired) electrons. The van der Waals surface area contributed by atoms with Gasteiger partial charge in [-0.1, -0.05) is 110 Å². The van der Waals surface area contributed by atoms with E-state index in [9.17, 15) is 0 Å². The van der Waals surface area contributed by atoms with E-state index in [4.69, 9.17) is 0 Å². The molecule has 1 heteroatoms. The molecule has 0 aliphatic rings. The molecule has 0 atom stereocenters. The van der Waals surface area contributed by atoms with Gasteiger partial charge in [-0.15, -0.1) is 0 Å². The normalized spacial score (nSPS) is 10.3. The molecule has 0 heterocycles. The Hall–Kier alpha value is 1.26. The molecule has 0 unspecified atom stereocenters. The third-order valence-electron chi connectivity index (χ3n) is 3.71. The molecule has 0 aliphatic carbocycles. The first-order chi connectivity index (χ1) is 8.41. The van der Waals surface area contributed by atoms with Crippen molar-refractivity contribution in [3.8, 4) is 0 Å². The molecule has 0 nitrogen and oxygen atoms in total. The quantitative estimate of drug-likeness (QED) is 0.272. The summed E-state index contributed by atoms with van der Waals surface area (Å²) < 4.78 is 0. The molecule has 0 fully saturated rings. The molecule has 0 aromatic carbocycles. The fraction of sp³-hybridized carbons (Fsp3) is 1.00. The molecule has 108 valence electrons. The van der Waals surface area contributed by atoms with Crippen molar-refractivity contribution in [3.63, 3.8) is 0 Å². The average Bonchev–Trinajstić information content (AvgIpc) is 2.35. The Morgan fingerprint density at radius 1 is 0.333 bits per heavy atom. The van der Waals surface area contributed by atoms with Gasteiger partial charge in [-0.3, -0.25) is 0 Å². The molecule has 0 saturated carbocycles. The maximum absolute atomic E-state index is 2.29. The fourth-order valence-corrected chi connectivity index (χ4v) is 2.44. The first kappa shape index (κ1) is 21.6. The Balaban J connectivity index is 0. The van der Waals surface area contributed by atoms with Crippen LogP contribution in [0.3, 0.4) is 0 Å². The molecule has 18 heavy (non-hydrogen) atoms. The van der Waals surface area contributed by atoms with Gasteiger partial charge in [0.2, 0.25) is 0 Å². The van der Waals surface area contributed by atoms with E-state index in [-0.39, 0.29) is 37.7 Å². The van der Waals surface area contributed by atoms with Crippen LogP contribution in [0.1, 0.15) is 110 Å². The van der Waals surface area contributed by atoms with Gasteiger partial charge in [-0.2, -0.15) is 0 Å². The van der Waals surface area contributed by atoms with Crippen molar-refractivity contribution < 1.29 is 0 Å². The van der Waals surface area contributed by atoms with Crippen LogP contribution in [0.25, 0.3) is 0 Å². The third kappa shape index (κ3) is 19.6. The first-order valence-corrected chi connectivity index (χ1v) is 8.41. The molecule has 0 saturated heterocycles. The van der Waals surface area contributed by atoms with Crippen LogP contribution in [0, 0.1) is 0 Å². The molecule has 0 aliphatic heterocycles. The monoisotopic (exact) mass is 282 g/mol. The zero-order valence-electron chi connectivity index (χ0n) is 12.6. The molecule has 0 spiro atoms. The van der Waals surface area contributed by atoms with Gasteiger partial charge in [-0.25, -0.2) is 0 Å². The van der Waals surface area contributed by atoms with E-state index in [0.29, 0.717) is 0 Å². The summed E-state index contributed by atoms with van der Waals surface area (Å²) in [6, 6.07) is 0. The SMILES string of the molecule is CCCCCCCCCCCCCCCCC.[CaH2]. The van der Waals surface area contributed by atoms with Gasteiger partial charge < -0.3 is 0 Å². The molecule has 0 aromatic rings. The van der Waals surface area contributed by atoms with E-state index in [1.165, 1.54) is 96.3 Å². The van der Waals surface area contributed by atoms with Crippen LogP contribution in [0.4, 0.5) is 0 Å². The maximum atomic E-state index is 2.29. The van der Waals surface area contributed by atoms with Crippen molar-refractivity contribution in [2.75, 3.05) is 0 Å². The summed E-state index contributed by atoms with van der Waals surface area (Å²) in [5.74, 6) is 0. The zero-order valence-corrected chi connectivity index (χ0v) is 12.6. The molecule has 0 amide bonds. The van der Waals surface area contributed by atoms with E-state index in [1.807, 2.05) is 0 Å². The number of hydrogen-bond acceptors (Lipinski definition) is 0. The Morgan fingerprint density at radius 2 is 0.500 bits per heavy atom. The molecular weight excluding hydrogens is 244 g/mol. The van der Waals surface area contributed by atoms with Crippen molar-refractivity contribution in [1.82, 2.24) is 0 Å². The van der Waals surface area contributed by atoms with Crippen LogP contribution in [0.15, 0.2) is 0 Å². The van der Waals surface area contributed by atoms with Crippen LogP contribution < -0.4 is 0 Å². The van der Waals surface area contributed by atoms with Crippen LogP contribution >= 0.6 is 0 Å². The number of hydrogen-bond donors (Lipinski definition) is 0. The zero-order chi connectivity index (χ0) is 12.6. The van der Waals surface area contributed by atoms with Crippen molar-refractivity contribution in [3.05, 3.63) is 0 Å². The van der Waals surface area contributed by atoms with Crippen LogP contribution in [-0.4, -0.2) is 37.7 Å². The van der Waals surface area contributed by atoms with Crippen LogP contribution in [0.5, 0.6) is 0 Å². The molecule has 0 rings (SSSR count). The first-order valence-electron chi connectivity index (χ1n) is 8.41. The van der Waals surface area contributed by atoms with Crippen LogP contribution in [0.2, 0.25) is 0 Å². The predicted octanol–water partition coefficient (Wildman–Crippen LogP) is 5.96. The van der Waals surface area contributed by atoms with Gasteiger partial charge in [0.25, 0.3) is 0 Å². The van der Waals surface area contributed by atoms with Gasteiger partial charge in [0.15, 0.2) is 0 Å². The third-order valence-corrected chi connectivity index (χ3v) is 3.71. The number of rotatable bonds is 14. The van der Waals surface area contributed by atoms with Gasteiger partial charge >= 0.3 is 37.7 Å². The Bertz CT molecular complexity index is 109. The van der Waals surface area contributed by atoms with E-state index in [0.717, 1.165) is 0 Å². The van der Waals surface area contributed by atoms with Crippen molar-refractivity contribution in [1.29, 1.82) is 0 Å². The molecule has 0 aromatic heterocycles. The standard InChI is InChI=1S/C17H36.Ca.2H/c1-3-5-7-9-11-13-15-17-16-14-12-10-8-6-4-2;;;/h3-17H2,1-2H3;;;. The van der Waals surface area contributed by atoms with Crippen LogP contribution in [-0.2, 0) is 0 Å². The van der Waals surface area contributed by atoms with Gasteiger partial charge in [0.05, 0.1) is 0 Å². The van der Waals surface area contributed by atoms with Crippen molar-refractivity contribution in [2.45, 2.75) is 110 Å². The molecule has 0 N–H and O–H groups in total. The van der Waals surface area contributed by atoms with Crippen molar-refractivity contribution in [2.24, 2.45) is 0 Å². The van der Waals surface area contributed by atoms with Gasteiger partial charge in [0, 0.05) is 0 Å². The summed E-state index contributed by atoms with van der Waals surface area (Å²) in [6.45, 7) is 4.58. The predicted molar refractivity (Wildman–Crippen MR) is 89.1 cm³/mol. The average molecular weight is 283 g/mol. The van der Waals surface area contributed by atoms with Gasteiger partial charge in [-0.05, 0) is 0 Å². The van der Waals surface area contributed by atoms with E-state index < -0.39 is 0 Å². The number of unbranched alkanes of at least 4 members (excludes halogenated alkanes) is 14. The van der Waals surface area contributed by atoms with Crippen molar-refractivity contribution >= 4 is 37.7 Å². The van der Waals surface area contributed by atoms with E-state index in [2.05, 4.69) is 13.8 Å². The second kappa shape index (κ2) is 20.6. The summed E-state index contributed by atoms with van der Waals surface area (Å²) >= 11 is 0. The fourth-order valence-electron chi connectivity index (χ4n) is 2.44. The van der Waals surface area contributed by atoms with Gasteiger partial charge in [0.1, 0.15) is 0 Å².